The quantitative estimate of drug-likeness (QED) is 0.145. The van der Waals surface area contributed by atoms with Crippen LogP contribution in [-0.4, -0.2) is 19.5 Å². The van der Waals surface area contributed by atoms with Crippen LogP contribution in [0, 0.1) is 12.1 Å². The van der Waals surface area contributed by atoms with Gasteiger partial charge in [0.05, 0.1) is 11.2 Å². The number of aromatic nitrogens is 4. The average Bonchev–Trinajstić information content (AvgIpc) is 4.04. The van der Waals surface area contributed by atoms with E-state index in [1.807, 2.05) is 24.3 Å². The maximum Gasteiger partial charge on any atom is 0.164 e. The molecule has 0 saturated heterocycles. The van der Waals surface area contributed by atoms with Crippen molar-refractivity contribution in [3.63, 3.8) is 0 Å². The van der Waals surface area contributed by atoms with Crippen molar-refractivity contribution in [2.45, 2.75) is 12.8 Å². The molecule has 1 aliphatic carbocycles. The highest BCUT2D eigenvalue weighted by atomic mass is 16.3. The topological polar surface area (TPSA) is 56.7 Å². The SMILES string of the molecule is c1cccc(-c2cc(-c3nc(-c4ccc(-c5ccccc5)cc4)nc(-c4ccc(-c5ccccc5)cc4)n3)cc(-c3ccccc3)c2-n2c3c(c4ccccc42)-c2oc4c(-c5ccccc5)cccc4c2CC3)c#1. The van der Waals surface area contributed by atoms with Crippen LogP contribution in [0.25, 0.3) is 129 Å². The Bertz CT molecular complexity index is 4020. The van der Waals surface area contributed by atoms with Gasteiger partial charge in [-0.15, -0.1) is 0 Å². The van der Waals surface area contributed by atoms with Crippen LogP contribution in [0.1, 0.15) is 11.3 Å². The van der Waals surface area contributed by atoms with E-state index in [1.165, 1.54) is 16.6 Å². The highest BCUT2D eigenvalue weighted by Gasteiger charge is 2.32. The van der Waals surface area contributed by atoms with Gasteiger partial charge in [0.25, 0.3) is 0 Å². The Morgan fingerprint density at radius 1 is 0.392 bits per heavy atom. The zero-order valence-electron chi connectivity index (χ0n) is 40.2. The van der Waals surface area contributed by atoms with E-state index in [2.05, 4.69) is 235 Å². The molecule has 5 heteroatoms. The van der Waals surface area contributed by atoms with Gasteiger partial charge in [0.15, 0.2) is 17.5 Å². The first-order chi connectivity index (χ1) is 36.7. The first-order valence-corrected chi connectivity index (χ1v) is 25.1. The van der Waals surface area contributed by atoms with E-state index in [1.54, 1.807) is 0 Å². The monoisotopic (exact) mass is 944 g/mol. The lowest BCUT2D eigenvalue weighted by Crippen LogP contribution is -2.10. The van der Waals surface area contributed by atoms with Gasteiger partial charge in [-0.05, 0) is 76.6 Å². The maximum absolute atomic E-state index is 7.17. The molecule has 0 atom stereocenters. The molecule has 3 heterocycles. The third kappa shape index (κ3) is 7.48. The predicted octanol–water partition coefficient (Wildman–Crippen LogP) is 17.3. The second-order valence-corrected chi connectivity index (χ2v) is 18.8. The Morgan fingerprint density at radius 3 is 1.49 bits per heavy atom. The highest BCUT2D eigenvalue weighted by molar-refractivity contribution is 6.06. The van der Waals surface area contributed by atoms with Gasteiger partial charge in [-0.1, -0.05) is 224 Å². The first kappa shape index (κ1) is 42.9. The Morgan fingerprint density at radius 2 is 0.892 bits per heavy atom. The van der Waals surface area contributed by atoms with Crippen LogP contribution in [0.3, 0.4) is 0 Å². The van der Waals surface area contributed by atoms with Crippen LogP contribution in [0.15, 0.2) is 247 Å². The lowest BCUT2D eigenvalue weighted by atomic mass is 9.90. The van der Waals surface area contributed by atoms with E-state index in [0.29, 0.717) is 17.5 Å². The van der Waals surface area contributed by atoms with Crippen molar-refractivity contribution in [3.05, 3.63) is 266 Å². The molecule has 0 amide bonds. The van der Waals surface area contributed by atoms with Crippen molar-refractivity contribution in [1.29, 1.82) is 0 Å². The van der Waals surface area contributed by atoms with Crippen molar-refractivity contribution >= 4 is 21.9 Å². The zero-order chi connectivity index (χ0) is 49.0. The standard InChI is InChI=1S/C69H44N4O/c1-6-19-45(20-7-1)47-33-37-52(38-34-47)67-70-68(53-39-35-48(36-40-53)46-21-8-2-9-22-46)72-69(71-67)54-43-59(50-25-12-4-13-26-50)64(60(44-54)51-27-14-5-15-28-51)73-61-32-17-16-29-58(61)63-62(73)42-41-57-56-31-18-30-55(65(56)74-66(57)63)49-23-10-3-11-24-49/h1-14,16-27,29-40,43-44H,41-42H2. The number of furan rings is 1. The Hall–Kier alpha value is -9.89. The molecule has 0 fully saturated rings. The summed E-state index contributed by atoms with van der Waals surface area (Å²) in [5, 5.41) is 2.31. The van der Waals surface area contributed by atoms with Crippen LogP contribution in [-0.2, 0) is 12.8 Å². The number of benzene rings is 9. The summed E-state index contributed by atoms with van der Waals surface area (Å²) in [7, 11) is 0. The third-order valence-corrected chi connectivity index (χ3v) is 14.5. The summed E-state index contributed by atoms with van der Waals surface area (Å²) in [6, 6.07) is 91.9. The van der Waals surface area contributed by atoms with Gasteiger partial charge in [-0.2, -0.15) is 0 Å². The second kappa shape index (κ2) is 18.1. The van der Waals surface area contributed by atoms with Crippen LogP contribution < -0.4 is 0 Å². The van der Waals surface area contributed by atoms with Crippen molar-refractivity contribution < 1.29 is 4.42 Å². The van der Waals surface area contributed by atoms with E-state index < -0.39 is 0 Å². The number of para-hydroxylation sites is 2. The molecule has 14 rings (SSSR count). The summed E-state index contributed by atoms with van der Waals surface area (Å²) in [6.45, 7) is 0. The van der Waals surface area contributed by atoms with E-state index in [9.17, 15) is 0 Å². The van der Waals surface area contributed by atoms with Crippen LogP contribution in [0.2, 0.25) is 0 Å². The Kier molecular flexibility index (Phi) is 10.5. The fourth-order valence-electron chi connectivity index (χ4n) is 11.0. The molecule has 0 bridgehead atoms. The van der Waals surface area contributed by atoms with Crippen LogP contribution in [0.4, 0.5) is 0 Å². The first-order valence-electron chi connectivity index (χ1n) is 25.1. The van der Waals surface area contributed by atoms with Crippen molar-refractivity contribution in [2.24, 2.45) is 0 Å². The minimum absolute atomic E-state index is 0.565. The molecule has 74 heavy (non-hydrogen) atoms. The number of fused-ring (bicyclic) bond motifs is 7. The third-order valence-electron chi connectivity index (χ3n) is 14.5. The predicted molar refractivity (Wildman–Crippen MR) is 300 cm³/mol. The number of hydrogen-bond acceptors (Lipinski definition) is 4. The van der Waals surface area contributed by atoms with E-state index in [0.717, 1.165) is 119 Å². The molecule has 0 saturated carbocycles. The zero-order valence-corrected chi connectivity index (χ0v) is 40.2. The summed E-state index contributed by atoms with van der Waals surface area (Å²) in [4.78, 5) is 15.9. The molecule has 1 aliphatic rings. The molecule has 346 valence electrons. The van der Waals surface area contributed by atoms with Crippen LogP contribution >= 0.6 is 0 Å². The van der Waals surface area contributed by atoms with Gasteiger partial charge in [0.2, 0.25) is 0 Å². The largest absolute Gasteiger partial charge is 0.455 e. The minimum atomic E-state index is 0.565. The summed E-state index contributed by atoms with van der Waals surface area (Å²) < 4.78 is 9.67. The van der Waals surface area contributed by atoms with Gasteiger partial charge >= 0.3 is 0 Å². The molecule has 10 aromatic carbocycles. The second-order valence-electron chi connectivity index (χ2n) is 18.8. The van der Waals surface area contributed by atoms with E-state index in [4.69, 9.17) is 19.4 Å². The summed E-state index contributed by atoms with van der Waals surface area (Å²) in [5.41, 5.74) is 20.1. The number of nitrogens with zero attached hydrogens (tertiary/aromatic N) is 4. The van der Waals surface area contributed by atoms with Gasteiger partial charge < -0.3 is 8.98 Å². The summed E-state index contributed by atoms with van der Waals surface area (Å²) >= 11 is 0. The maximum atomic E-state index is 7.17. The van der Waals surface area contributed by atoms with E-state index >= 15 is 0 Å². The normalized spacial score (nSPS) is 11.8. The molecule has 0 N–H and O–H groups in total. The molecule has 0 unspecified atom stereocenters. The van der Waals surface area contributed by atoms with Gasteiger partial charge in [0, 0.05) is 66.5 Å². The molecule has 13 aromatic rings. The van der Waals surface area contributed by atoms with Crippen molar-refractivity contribution in [3.8, 4) is 107 Å². The van der Waals surface area contributed by atoms with E-state index in [-0.39, 0.29) is 0 Å². The molecule has 0 spiro atoms. The average molecular weight is 945 g/mol. The van der Waals surface area contributed by atoms with Gasteiger partial charge in [-0.25, -0.2) is 15.0 Å². The fourth-order valence-corrected chi connectivity index (χ4v) is 11.0. The van der Waals surface area contributed by atoms with Crippen molar-refractivity contribution in [2.75, 3.05) is 0 Å². The summed E-state index contributed by atoms with van der Waals surface area (Å²) in [6.07, 6.45) is 1.64. The Balaban J connectivity index is 1.00. The molecule has 3 aromatic heterocycles. The molecule has 0 radical (unpaired) electrons. The molecule has 5 nitrogen and oxygen atoms in total. The number of hydrogen-bond donors (Lipinski definition) is 0. The molecule has 0 aliphatic heterocycles. The number of rotatable bonds is 9. The number of aryl methyl sites for hydroxylation is 1. The van der Waals surface area contributed by atoms with Gasteiger partial charge in [-0.3, -0.25) is 0 Å². The van der Waals surface area contributed by atoms with Gasteiger partial charge in [0.1, 0.15) is 11.3 Å². The highest BCUT2D eigenvalue weighted by Crippen LogP contribution is 2.50. The minimum Gasteiger partial charge on any atom is -0.455 e. The fraction of sp³-hybridized carbons (Fsp3) is 0.0290. The molecular formula is C69H44N4O. The summed E-state index contributed by atoms with van der Waals surface area (Å²) in [5.74, 6) is 2.68. The Labute approximate surface area is 429 Å². The van der Waals surface area contributed by atoms with Crippen LogP contribution in [0.5, 0.6) is 0 Å². The molecular weight excluding hydrogens is 901 g/mol. The smallest absolute Gasteiger partial charge is 0.164 e. The lowest BCUT2D eigenvalue weighted by molar-refractivity contribution is 0.621. The van der Waals surface area contributed by atoms with Crippen molar-refractivity contribution in [1.82, 2.24) is 19.5 Å². The lowest BCUT2D eigenvalue weighted by Gasteiger charge is -2.23.